The van der Waals surface area contributed by atoms with E-state index in [4.69, 9.17) is 0 Å². The van der Waals surface area contributed by atoms with Crippen molar-refractivity contribution in [3.8, 4) is 0 Å². The average molecular weight is 189 g/mol. The number of likely N-dealkylation sites (N-methyl/N-ethyl adjacent to an activating group) is 1. The Balaban J connectivity index is 2.93. The fourth-order valence-corrected chi connectivity index (χ4v) is 1.04. The molecule has 0 saturated heterocycles. The molecule has 1 nitrogen and oxygen atoms in total. The summed E-state index contributed by atoms with van der Waals surface area (Å²) in [5.74, 6) is -3.66. The van der Waals surface area contributed by atoms with Crippen molar-refractivity contribution in [3.05, 3.63) is 35.6 Å². The summed E-state index contributed by atoms with van der Waals surface area (Å²) in [6.07, 6.45) is 0. The summed E-state index contributed by atoms with van der Waals surface area (Å²) in [5.41, 5.74) is -0.304. The maximum atomic E-state index is 13.1. The molecule has 1 rings (SSSR count). The van der Waals surface area contributed by atoms with Crippen molar-refractivity contribution in [1.29, 1.82) is 0 Å². The Morgan fingerprint density at radius 2 is 2.08 bits per heavy atom. The lowest BCUT2D eigenvalue weighted by Gasteiger charge is -2.15. The minimum absolute atomic E-state index is 0.304. The molecule has 0 fully saturated rings. The Bertz CT molecular complexity index is 286. The third kappa shape index (κ3) is 2.45. The normalized spacial score (nSPS) is 11.7. The molecule has 0 aliphatic rings. The lowest BCUT2D eigenvalue weighted by molar-refractivity contribution is -0.00154. The molecule has 0 bridgehead atoms. The van der Waals surface area contributed by atoms with E-state index in [-0.39, 0.29) is 5.56 Å². The molecule has 1 aromatic rings. The van der Waals surface area contributed by atoms with E-state index >= 15 is 0 Å². The van der Waals surface area contributed by atoms with Crippen LogP contribution < -0.4 is 5.32 Å². The van der Waals surface area contributed by atoms with Crippen LogP contribution in [0.5, 0.6) is 0 Å². The molecule has 0 spiro atoms. The van der Waals surface area contributed by atoms with E-state index in [9.17, 15) is 13.2 Å². The highest BCUT2D eigenvalue weighted by atomic mass is 19.3. The number of benzene rings is 1. The molecule has 1 N–H and O–H groups in total. The van der Waals surface area contributed by atoms with E-state index in [0.29, 0.717) is 0 Å². The van der Waals surface area contributed by atoms with Crippen LogP contribution in [0.15, 0.2) is 24.3 Å². The molecule has 0 heterocycles. The van der Waals surface area contributed by atoms with Crippen LogP contribution in [0.4, 0.5) is 13.2 Å². The molecule has 0 radical (unpaired) electrons. The predicted molar refractivity (Wildman–Crippen MR) is 44.2 cm³/mol. The zero-order valence-corrected chi connectivity index (χ0v) is 7.15. The highest BCUT2D eigenvalue weighted by Crippen LogP contribution is 2.27. The summed E-state index contributed by atoms with van der Waals surface area (Å²) in [6.45, 7) is -0.490. The third-order valence-corrected chi connectivity index (χ3v) is 1.65. The second kappa shape index (κ2) is 3.79. The maximum absolute atomic E-state index is 13.1. The van der Waals surface area contributed by atoms with Crippen LogP contribution in [0.2, 0.25) is 0 Å². The highest BCUT2D eigenvalue weighted by Gasteiger charge is 2.30. The topological polar surface area (TPSA) is 12.0 Å². The van der Waals surface area contributed by atoms with Gasteiger partial charge in [0.1, 0.15) is 5.82 Å². The molecule has 1 aromatic carbocycles. The van der Waals surface area contributed by atoms with Gasteiger partial charge >= 0.3 is 0 Å². The van der Waals surface area contributed by atoms with Gasteiger partial charge in [0.15, 0.2) is 0 Å². The standard InChI is InChI=1S/C9H10F3N/c1-13-6-9(11,12)7-3-2-4-8(10)5-7/h2-5,13H,6H2,1H3. The van der Waals surface area contributed by atoms with Gasteiger partial charge in [-0.05, 0) is 19.2 Å². The van der Waals surface area contributed by atoms with Crippen molar-refractivity contribution in [3.63, 3.8) is 0 Å². The van der Waals surface area contributed by atoms with E-state index < -0.39 is 18.3 Å². The van der Waals surface area contributed by atoms with Gasteiger partial charge in [-0.2, -0.15) is 8.78 Å². The van der Waals surface area contributed by atoms with Gasteiger partial charge in [-0.15, -0.1) is 0 Å². The Morgan fingerprint density at radius 1 is 1.38 bits per heavy atom. The third-order valence-electron chi connectivity index (χ3n) is 1.65. The summed E-state index contributed by atoms with van der Waals surface area (Å²) in [5, 5.41) is 2.35. The van der Waals surface area contributed by atoms with Crippen molar-refractivity contribution >= 4 is 0 Å². The van der Waals surface area contributed by atoms with Gasteiger partial charge in [0.25, 0.3) is 5.92 Å². The second-order valence-electron chi connectivity index (χ2n) is 2.75. The molecular formula is C9H10F3N. The Labute approximate surface area is 74.6 Å². The van der Waals surface area contributed by atoms with Crippen LogP contribution in [0, 0.1) is 5.82 Å². The van der Waals surface area contributed by atoms with E-state index in [1.807, 2.05) is 0 Å². The van der Waals surface area contributed by atoms with Gasteiger partial charge in [-0.1, -0.05) is 12.1 Å². The Hall–Kier alpha value is -1.03. The van der Waals surface area contributed by atoms with E-state index in [1.54, 1.807) is 0 Å². The molecule has 0 amide bonds. The maximum Gasteiger partial charge on any atom is 0.285 e. The van der Waals surface area contributed by atoms with Crippen LogP contribution in [0.25, 0.3) is 0 Å². The monoisotopic (exact) mass is 189 g/mol. The van der Waals surface area contributed by atoms with Crippen LogP contribution in [0.1, 0.15) is 5.56 Å². The van der Waals surface area contributed by atoms with Crippen molar-refractivity contribution in [2.45, 2.75) is 5.92 Å². The van der Waals surface area contributed by atoms with Crippen molar-refractivity contribution < 1.29 is 13.2 Å². The van der Waals surface area contributed by atoms with Gasteiger partial charge in [-0.3, -0.25) is 0 Å². The fourth-order valence-electron chi connectivity index (χ4n) is 1.04. The van der Waals surface area contributed by atoms with E-state index in [1.165, 1.54) is 19.2 Å². The van der Waals surface area contributed by atoms with Crippen molar-refractivity contribution in [2.75, 3.05) is 13.6 Å². The molecule has 13 heavy (non-hydrogen) atoms. The molecule has 0 aliphatic carbocycles. The van der Waals surface area contributed by atoms with Gasteiger partial charge in [-0.25, -0.2) is 4.39 Å². The molecule has 0 unspecified atom stereocenters. The largest absolute Gasteiger partial charge is 0.314 e. The predicted octanol–water partition coefficient (Wildman–Crippen LogP) is 2.14. The zero-order valence-electron chi connectivity index (χ0n) is 7.15. The summed E-state index contributed by atoms with van der Waals surface area (Å²) in [7, 11) is 1.42. The minimum atomic E-state index is -3.02. The number of nitrogens with one attached hydrogen (secondary N) is 1. The molecule has 0 aromatic heterocycles. The molecule has 0 aliphatic heterocycles. The van der Waals surface area contributed by atoms with E-state index in [0.717, 1.165) is 12.1 Å². The summed E-state index contributed by atoms with van der Waals surface area (Å²) >= 11 is 0. The first kappa shape index (κ1) is 10.1. The van der Waals surface area contributed by atoms with E-state index in [2.05, 4.69) is 5.32 Å². The number of hydrogen-bond acceptors (Lipinski definition) is 1. The number of hydrogen-bond donors (Lipinski definition) is 1. The van der Waals surface area contributed by atoms with Crippen LogP contribution in [0.3, 0.4) is 0 Å². The summed E-state index contributed by atoms with van der Waals surface area (Å²) in [6, 6.07) is 4.46. The lowest BCUT2D eigenvalue weighted by Crippen LogP contribution is -2.28. The first-order chi connectivity index (χ1) is 6.06. The fraction of sp³-hybridized carbons (Fsp3) is 0.333. The Morgan fingerprint density at radius 3 is 2.62 bits per heavy atom. The zero-order chi connectivity index (χ0) is 9.90. The number of halogens is 3. The average Bonchev–Trinajstić information content (AvgIpc) is 2.04. The van der Waals surface area contributed by atoms with Crippen molar-refractivity contribution in [1.82, 2.24) is 5.32 Å². The van der Waals surface area contributed by atoms with Gasteiger partial charge < -0.3 is 5.32 Å². The van der Waals surface area contributed by atoms with Gasteiger partial charge in [0.2, 0.25) is 0 Å². The molecule has 0 atom stereocenters. The van der Waals surface area contributed by atoms with Crippen LogP contribution in [-0.2, 0) is 5.92 Å². The SMILES string of the molecule is CNCC(F)(F)c1cccc(F)c1. The Kier molecular flexibility index (Phi) is 2.93. The first-order valence-corrected chi connectivity index (χ1v) is 3.85. The second-order valence-corrected chi connectivity index (χ2v) is 2.75. The lowest BCUT2D eigenvalue weighted by atomic mass is 10.1. The molecule has 0 saturated carbocycles. The summed E-state index contributed by atoms with van der Waals surface area (Å²) < 4.78 is 38.8. The van der Waals surface area contributed by atoms with Crippen LogP contribution in [-0.4, -0.2) is 13.6 Å². The first-order valence-electron chi connectivity index (χ1n) is 3.85. The van der Waals surface area contributed by atoms with Crippen molar-refractivity contribution in [2.24, 2.45) is 0 Å². The summed E-state index contributed by atoms with van der Waals surface area (Å²) in [4.78, 5) is 0. The minimum Gasteiger partial charge on any atom is -0.314 e. The number of rotatable bonds is 3. The smallest absolute Gasteiger partial charge is 0.285 e. The number of alkyl halides is 2. The molecule has 72 valence electrons. The quantitative estimate of drug-likeness (QED) is 0.768. The molecular weight excluding hydrogens is 179 g/mol. The highest BCUT2D eigenvalue weighted by molar-refractivity contribution is 5.21. The molecule has 4 heteroatoms. The van der Waals surface area contributed by atoms with Gasteiger partial charge in [0, 0.05) is 5.56 Å². The van der Waals surface area contributed by atoms with Gasteiger partial charge in [0.05, 0.1) is 6.54 Å². The van der Waals surface area contributed by atoms with Crippen LogP contribution >= 0.6 is 0 Å².